The molecule has 6 nitrogen and oxygen atoms in total. The van der Waals surface area contributed by atoms with Gasteiger partial charge in [0, 0.05) is 26.7 Å². The van der Waals surface area contributed by atoms with Crippen molar-refractivity contribution in [2.75, 3.05) is 14.1 Å². The zero-order valence-corrected chi connectivity index (χ0v) is 17.9. The molecule has 0 aliphatic rings. The predicted molar refractivity (Wildman–Crippen MR) is 113 cm³/mol. The van der Waals surface area contributed by atoms with E-state index >= 15 is 0 Å². The summed E-state index contributed by atoms with van der Waals surface area (Å²) in [7, 11) is -0.336. The van der Waals surface area contributed by atoms with Gasteiger partial charge in [0.15, 0.2) is 0 Å². The second-order valence-electron chi connectivity index (χ2n) is 7.17. The van der Waals surface area contributed by atoms with E-state index in [0.29, 0.717) is 4.90 Å². The molecule has 3 aromatic rings. The molecule has 0 fully saturated rings. The summed E-state index contributed by atoms with van der Waals surface area (Å²) in [6, 6.07) is 15.3. The normalized spacial score (nSPS) is 14.5. The summed E-state index contributed by atoms with van der Waals surface area (Å²) in [4.78, 5) is 5.11. The fourth-order valence-electron chi connectivity index (χ4n) is 3.44. The molecule has 0 radical (unpaired) electrons. The van der Waals surface area contributed by atoms with E-state index in [-0.39, 0.29) is 12.1 Å². The van der Waals surface area contributed by atoms with Gasteiger partial charge in [0.1, 0.15) is 5.82 Å². The van der Waals surface area contributed by atoms with E-state index in [1.165, 1.54) is 18.4 Å². The van der Waals surface area contributed by atoms with E-state index < -0.39 is 10.0 Å². The maximum atomic E-state index is 12.2. The van der Waals surface area contributed by atoms with Crippen molar-refractivity contribution in [3.8, 4) is 0 Å². The van der Waals surface area contributed by atoms with Crippen LogP contribution in [0, 0.1) is 0 Å². The number of nitrogens with one attached hydrogen (secondary N) is 1. The zero-order chi connectivity index (χ0) is 20.5. The van der Waals surface area contributed by atoms with Gasteiger partial charge in [0.05, 0.1) is 22.0 Å². The molecule has 1 heterocycles. The molecule has 0 saturated heterocycles. The highest BCUT2D eigenvalue weighted by Gasteiger charge is 2.20. The fourth-order valence-corrected chi connectivity index (χ4v) is 4.34. The fraction of sp³-hybridized carbons (Fsp3) is 0.381. The van der Waals surface area contributed by atoms with Crippen molar-refractivity contribution < 1.29 is 8.42 Å². The van der Waals surface area contributed by atoms with Crippen LogP contribution < -0.4 is 5.32 Å². The number of imidazole rings is 1. The molecule has 0 aliphatic carbocycles. The lowest BCUT2D eigenvalue weighted by Gasteiger charge is -2.21. The summed E-state index contributed by atoms with van der Waals surface area (Å²) in [6.07, 6.45) is 0. The van der Waals surface area contributed by atoms with E-state index in [1.54, 1.807) is 12.1 Å². The maximum absolute atomic E-state index is 12.2. The van der Waals surface area contributed by atoms with Gasteiger partial charge in [-0.05, 0) is 50.6 Å². The lowest BCUT2D eigenvalue weighted by Crippen LogP contribution is -2.25. The Balaban J connectivity index is 1.80. The van der Waals surface area contributed by atoms with Crippen LogP contribution in [0.1, 0.15) is 44.2 Å². The van der Waals surface area contributed by atoms with Gasteiger partial charge in [-0.25, -0.2) is 17.7 Å². The van der Waals surface area contributed by atoms with Crippen molar-refractivity contribution in [1.82, 2.24) is 19.2 Å². The third-order valence-electron chi connectivity index (χ3n) is 5.05. The molecule has 1 N–H and O–H groups in total. The first-order valence-electron chi connectivity index (χ1n) is 9.49. The van der Waals surface area contributed by atoms with Crippen molar-refractivity contribution in [2.24, 2.45) is 0 Å². The smallest absolute Gasteiger partial charge is 0.242 e. The molecule has 28 heavy (non-hydrogen) atoms. The van der Waals surface area contributed by atoms with Crippen LogP contribution in [0.5, 0.6) is 0 Å². The largest absolute Gasteiger partial charge is 0.327 e. The van der Waals surface area contributed by atoms with Gasteiger partial charge in [-0.3, -0.25) is 0 Å². The number of sulfonamides is 1. The number of para-hydroxylation sites is 2. The summed E-state index contributed by atoms with van der Waals surface area (Å²) < 4.78 is 27.9. The van der Waals surface area contributed by atoms with Crippen molar-refractivity contribution in [2.45, 2.75) is 44.3 Å². The van der Waals surface area contributed by atoms with Crippen LogP contribution in [-0.2, 0) is 16.6 Å². The van der Waals surface area contributed by atoms with Crippen LogP contribution in [0.3, 0.4) is 0 Å². The number of aromatic nitrogens is 2. The van der Waals surface area contributed by atoms with Gasteiger partial charge in [-0.15, -0.1) is 0 Å². The molecule has 0 unspecified atom stereocenters. The Kier molecular flexibility index (Phi) is 5.88. The first kappa shape index (κ1) is 20.5. The van der Waals surface area contributed by atoms with Crippen LogP contribution in [0.15, 0.2) is 53.4 Å². The summed E-state index contributed by atoms with van der Waals surface area (Å²) >= 11 is 0. The van der Waals surface area contributed by atoms with Gasteiger partial charge in [0.2, 0.25) is 10.0 Å². The first-order valence-corrected chi connectivity index (χ1v) is 10.9. The third-order valence-corrected chi connectivity index (χ3v) is 6.88. The molecule has 0 amide bonds. The minimum Gasteiger partial charge on any atom is -0.327 e. The predicted octanol–water partition coefficient (Wildman–Crippen LogP) is 3.72. The molecule has 0 spiro atoms. The molecule has 150 valence electrons. The van der Waals surface area contributed by atoms with Crippen LogP contribution in [0.25, 0.3) is 11.0 Å². The lowest BCUT2D eigenvalue weighted by molar-refractivity contribution is 0.462. The van der Waals surface area contributed by atoms with Gasteiger partial charge in [0.25, 0.3) is 0 Å². The monoisotopic (exact) mass is 400 g/mol. The SMILES string of the molecule is CCn1c([C@H](C)N[C@@H](C)c2ccc(S(=O)(=O)N(C)C)cc2)nc2ccccc21. The van der Waals surface area contributed by atoms with Crippen LogP contribution in [-0.4, -0.2) is 36.4 Å². The zero-order valence-electron chi connectivity index (χ0n) is 17.0. The molecule has 7 heteroatoms. The van der Waals surface area contributed by atoms with Crippen molar-refractivity contribution >= 4 is 21.1 Å². The number of aryl methyl sites for hydroxylation is 1. The standard InChI is InChI=1S/C21H28N4O2S/c1-6-25-20-10-8-7-9-19(20)23-21(25)16(3)22-15(2)17-11-13-18(14-12-17)28(26,27)24(4)5/h7-16,22H,6H2,1-5H3/t15-,16-/m0/s1. The summed E-state index contributed by atoms with van der Waals surface area (Å²) in [6.45, 7) is 7.16. The van der Waals surface area contributed by atoms with Crippen molar-refractivity contribution in [3.63, 3.8) is 0 Å². The van der Waals surface area contributed by atoms with Crippen LogP contribution >= 0.6 is 0 Å². The number of nitrogens with zero attached hydrogens (tertiary/aromatic N) is 3. The molecule has 0 saturated carbocycles. The maximum Gasteiger partial charge on any atom is 0.242 e. The minimum absolute atomic E-state index is 0.0486. The molecule has 0 bridgehead atoms. The summed E-state index contributed by atoms with van der Waals surface area (Å²) in [5.41, 5.74) is 3.17. The van der Waals surface area contributed by atoms with Gasteiger partial charge >= 0.3 is 0 Å². The highest BCUT2D eigenvalue weighted by atomic mass is 32.2. The van der Waals surface area contributed by atoms with E-state index in [1.807, 2.05) is 30.3 Å². The third kappa shape index (κ3) is 3.83. The first-order chi connectivity index (χ1) is 13.3. The average Bonchev–Trinajstić information content (AvgIpc) is 3.06. The van der Waals surface area contributed by atoms with Gasteiger partial charge < -0.3 is 9.88 Å². The Bertz CT molecular complexity index is 1060. The Hall–Kier alpha value is -2.22. The topological polar surface area (TPSA) is 67.2 Å². The Morgan fingerprint density at radius 2 is 1.68 bits per heavy atom. The molecule has 2 aromatic carbocycles. The van der Waals surface area contributed by atoms with Crippen molar-refractivity contribution in [3.05, 3.63) is 59.9 Å². The van der Waals surface area contributed by atoms with Crippen molar-refractivity contribution in [1.29, 1.82) is 0 Å². The number of benzene rings is 2. The number of fused-ring (bicyclic) bond motifs is 1. The molecule has 0 aliphatic heterocycles. The summed E-state index contributed by atoms with van der Waals surface area (Å²) in [5.74, 6) is 1.00. The van der Waals surface area contributed by atoms with E-state index in [4.69, 9.17) is 4.98 Å². The van der Waals surface area contributed by atoms with Crippen LogP contribution in [0.2, 0.25) is 0 Å². The van der Waals surface area contributed by atoms with Crippen LogP contribution in [0.4, 0.5) is 0 Å². The second-order valence-corrected chi connectivity index (χ2v) is 9.32. The molecular weight excluding hydrogens is 372 g/mol. The van der Waals surface area contributed by atoms with Gasteiger partial charge in [-0.2, -0.15) is 0 Å². The highest BCUT2D eigenvalue weighted by molar-refractivity contribution is 7.89. The number of hydrogen-bond donors (Lipinski definition) is 1. The molecule has 3 rings (SSSR count). The Morgan fingerprint density at radius 3 is 2.29 bits per heavy atom. The number of hydrogen-bond acceptors (Lipinski definition) is 4. The minimum atomic E-state index is -3.41. The molecular formula is C21H28N4O2S. The van der Waals surface area contributed by atoms with E-state index in [2.05, 4.69) is 36.7 Å². The van der Waals surface area contributed by atoms with E-state index in [0.717, 1.165) is 29.0 Å². The second kappa shape index (κ2) is 8.03. The van der Waals surface area contributed by atoms with Gasteiger partial charge in [-0.1, -0.05) is 24.3 Å². The molecule has 2 atom stereocenters. The lowest BCUT2D eigenvalue weighted by atomic mass is 10.1. The quantitative estimate of drug-likeness (QED) is 0.656. The summed E-state index contributed by atoms with van der Waals surface area (Å²) in [5, 5.41) is 3.59. The number of rotatable bonds is 7. The molecule has 1 aromatic heterocycles. The highest BCUT2D eigenvalue weighted by Crippen LogP contribution is 2.24. The van der Waals surface area contributed by atoms with E-state index in [9.17, 15) is 8.42 Å². The average molecular weight is 401 g/mol. The Labute approximate surface area is 167 Å². The Morgan fingerprint density at radius 1 is 1.04 bits per heavy atom.